The van der Waals surface area contributed by atoms with E-state index >= 15 is 0 Å². The second-order valence-corrected chi connectivity index (χ2v) is 6.78. The highest BCUT2D eigenvalue weighted by Gasteiger charge is 2.13. The number of amides is 1. The predicted molar refractivity (Wildman–Crippen MR) is 109 cm³/mol. The Hall–Kier alpha value is -1.30. The molecule has 0 bridgehead atoms. The molecule has 0 aliphatic carbocycles. The molecule has 0 aliphatic heterocycles. The van der Waals surface area contributed by atoms with Crippen LogP contribution in [-0.2, 0) is 4.74 Å². The molecule has 0 radical (unpaired) electrons. The summed E-state index contributed by atoms with van der Waals surface area (Å²) < 4.78 is 5.48. The number of nitrogens with one attached hydrogen (secondary N) is 1. The van der Waals surface area contributed by atoms with E-state index < -0.39 is 0 Å². The Morgan fingerprint density at radius 3 is 2.50 bits per heavy atom. The molecule has 0 saturated carbocycles. The molecule has 0 spiro atoms. The average molecular weight is 402 g/mol. The summed E-state index contributed by atoms with van der Waals surface area (Å²) >= 11 is 11.9. The number of benzene rings is 1. The normalized spacial score (nSPS) is 13.0. The van der Waals surface area contributed by atoms with Crippen LogP contribution < -0.4 is 5.32 Å². The Morgan fingerprint density at radius 1 is 1.23 bits per heavy atom. The van der Waals surface area contributed by atoms with E-state index in [0.29, 0.717) is 22.2 Å². The minimum absolute atomic E-state index is 0.0567. The standard InChI is InChI=1S/C19H29Cl2N3O2/c1-5-24(6-2)12-8-9-14(4)22-19(26-7-3)23-18(25)15-10-11-16(20)17(21)13-15/h10-11,13-14H,5-9,12H2,1-4H3,(H,22,23,25)/t14-/m0/s1. The van der Waals surface area contributed by atoms with Crippen LogP contribution in [0.5, 0.6) is 0 Å². The largest absolute Gasteiger partial charge is 0.465 e. The van der Waals surface area contributed by atoms with Crippen molar-refractivity contribution in [2.45, 2.75) is 46.6 Å². The van der Waals surface area contributed by atoms with Crippen LogP contribution in [0.1, 0.15) is 50.9 Å². The van der Waals surface area contributed by atoms with Gasteiger partial charge in [-0.2, -0.15) is 0 Å². The molecule has 5 nitrogen and oxygen atoms in total. The lowest BCUT2D eigenvalue weighted by atomic mass is 10.2. The van der Waals surface area contributed by atoms with Crippen LogP contribution in [0.2, 0.25) is 10.0 Å². The molecule has 7 heteroatoms. The maximum absolute atomic E-state index is 12.4. The van der Waals surface area contributed by atoms with E-state index in [-0.39, 0.29) is 18.0 Å². The van der Waals surface area contributed by atoms with E-state index in [0.717, 1.165) is 32.5 Å². The highest BCUT2D eigenvalue weighted by atomic mass is 35.5. The minimum Gasteiger partial charge on any atom is -0.465 e. The van der Waals surface area contributed by atoms with Crippen molar-refractivity contribution in [3.63, 3.8) is 0 Å². The van der Waals surface area contributed by atoms with Crippen LogP contribution in [0.15, 0.2) is 23.2 Å². The second-order valence-electron chi connectivity index (χ2n) is 5.97. The summed E-state index contributed by atoms with van der Waals surface area (Å²) in [6.07, 6.45) is 1.97. The van der Waals surface area contributed by atoms with Gasteiger partial charge < -0.3 is 9.64 Å². The van der Waals surface area contributed by atoms with Gasteiger partial charge in [0.05, 0.1) is 22.7 Å². The smallest absolute Gasteiger partial charge is 0.291 e. The minimum atomic E-state index is -0.328. The quantitative estimate of drug-likeness (QED) is 0.484. The molecular weight excluding hydrogens is 373 g/mol. The molecule has 0 fully saturated rings. The molecule has 1 aromatic rings. The molecule has 1 atom stereocenters. The monoisotopic (exact) mass is 401 g/mol. The highest BCUT2D eigenvalue weighted by molar-refractivity contribution is 6.42. The molecule has 146 valence electrons. The number of rotatable bonds is 9. The van der Waals surface area contributed by atoms with Gasteiger partial charge in [-0.25, -0.2) is 4.99 Å². The molecule has 0 aliphatic rings. The number of hydrogen-bond acceptors (Lipinski definition) is 4. The fraction of sp³-hybridized carbons (Fsp3) is 0.579. The van der Waals surface area contributed by atoms with Gasteiger partial charge in [0.1, 0.15) is 0 Å². The summed E-state index contributed by atoms with van der Waals surface area (Å²) in [5.41, 5.74) is 0.404. The molecule has 1 amide bonds. The second kappa shape index (κ2) is 12.2. The summed E-state index contributed by atoms with van der Waals surface area (Å²) in [6.45, 7) is 11.8. The van der Waals surface area contributed by atoms with Crippen molar-refractivity contribution >= 4 is 35.1 Å². The van der Waals surface area contributed by atoms with E-state index in [1.165, 1.54) is 6.07 Å². The first kappa shape index (κ1) is 22.7. The van der Waals surface area contributed by atoms with Gasteiger partial charge in [0, 0.05) is 5.56 Å². The van der Waals surface area contributed by atoms with E-state index in [1.807, 2.05) is 13.8 Å². The summed E-state index contributed by atoms with van der Waals surface area (Å²) in [7, 11) is 0. The number of aliphatic imine (C=N–C) groups is 1. The summed E-state index contributed by atoms with van der Waals surface area (Å²) in [6, 6.07) is 5.02. The zero-order chi connectivity index (χ0) is 19.5. The molecule has 1 rings (SSSR count). The zero-order valence-electron chi connectivity index (χ0n) is 16.0. The summed E-state index contributed by atoms with van der Waals surface area (Å²) in [5, 5.41) is 3.45. The SMILES string of the molecule is CCOC(=N[C@@H](C)CCCN(CC)CC)NC(=O)c1ccc(Cl)c(Cl)c1. The van der Waals surface area contributed by atoms with Gasteiger partial charge in [-0.1, -0.05) is 37.0 Å². The Bertz CT molecular complexity index is 604. The van der Waals surface area contributed by atoms with Crippen molar-refractivity contribution in [3.8, 4) is 0 Å². The molecule has 0 aromatic heterocycles. The van der Waals surface area contributed by atoms with Crippen LogP contribution in [0.3, 0.4) is 0 Å². The van der Waals surface area contributed by atoms with Crippen molar-refractivity contribution in [3.05, 3.63) is 33.8 Å². The fourth-order valence-electron chi connectivity index (χ4n) is 2.46. The molecule has 1 N–H and O–H groups in total. The number of hydrogen-bond donors (Lipinski definition) is 1. The lowest BCUT2D eigenvalue weighted by Crippen LogP contribution is -2.33. The van der Waals surface area contributed by atoms with Crippen LogP contribution in [-0.4, -0.2) is 49.1 Å². The Labute approximate surface area is 166 Å². The lowest BCUT2D eigenvalue weighted by Gasteiger charge is -2.18. The molecule has 0 heterocycles. The van der Waals surface area contributed by atoms with Gasteiger partial charge in [0.25, 0.3) is 11.9 Å². The number of carbonyl (C=O) groups is 1. The number of halogens is 2. The first-order valence-corrected chi connectivity index (χ1v) is 9.86. The zero-order valence-corrected chi connectivity index (χ0v) is 17.5. The van der Waals surface area contributed by atoms with Gasteiger partial charge in [-0.05, 0) is 64.5 Å². The van der Waals surface area contributed by atoms with Gasteiger partial charge in [-0.3, -0.25) is 10.1 Å². The van der Waals surface area contributed by atoms with Crippen molar-refractivity contribution < 1.29 is 9.53 Å². The van der Waals surface area contributed by atoms with E-state index in [4.69, 9.17) is 27.9 Å². The first-order chi connectivity index (χ1) is 12.4. The Balaban J connectivity index is 2.66. The summed E-state index contributed by atoms with van der Waals surface area (Å²) in [5.74, 6) is -0.328. The third kappa shape index (κ3) is 7.94. The van der Waals surface area contributed by atoms with Crippen LogP contribution in [0.4, 0.5) is 0 Å². The number of nitrogens with zero attached hydrogens (tertiary/aromatic N) is 2. The Kier molecular flexibility index (Phi) is 10.6. The van der Waals surface area contributed by atoms with Crippen molar-refractivity contribution in [2.24, 2.45) is 4.99 Å². The number of ether oxygens (including phenoxy) is 1. The van der Waals surface area contributed by atoms with E-state index in [9.17, 15) is 4.79 Å². The molecule has 1 aromatic carbocycles. The van der Waals surface area contributed by atoms with Crippen molar-refractivity contribution in [1.82, 2.24) is 10.2 Å². The highest BCUT2D eigenvalue weighted by Crippen LogP contribution is 2.22. The van der Waals surface area contributed by atoms with Crippen molar-refractivity contribution in [1.29, 1.82) is 0 Å². The Morgan fingerprint density at radius 2 is 1.92 bits per heavy atom. The molecule has 26 heavy (non-hydrogen) atoms. The number of amidine groups is 1. The first-order valence-electron chi connectivity index (χ1n) is 9.10. The third-order valence-electron chi connectivity index (χ3n) is 4.01. The molecule has 0 unspecified atom stereocenters. The van der Waals surface area contributed by atoms with Crippen LogP contribution >= 0.6 is 23.2 Å². The fourth-order valence-corrected chi connectivity index (χ4v) is 2.76. The van der Waals surface area contributed by atoms with Crippen molar-refractivity contribution in [2.75, 3.05) is 26.2 Å². The summed E-state index contributed by atoms with van der Waals surface area (Å²) in [4.78, 5) is 19.3. The van der Waals surface area contributed by atoms with E-state index in [1.54, 1.807) is 12.1 Å². The topological polar surface area (TPSA) is 53.9 Å². The number of carbonyl (C=O) groups excluding carboxylic acids is 1. The van der Waals surface area contributed by atoms with Gasteiger partial charge >= 0.3 is 0 Å². The lowest BCUT2D eigenvalue weighted by molar-refractivity contribution is 0.0966. The maximum atomic E-state index is 12.4. The van der Waals surface area contributed by atoms with Crippen LogP contribution in [0, 0.1) is 0 Å². The third-order valence-corrected chi connectivity index (χ3v) is 4.75. The van der Waals surface area contributed by atoms with Gasteiger partial charge in [-0.15, -0.1) is 0 Å². The molecular formula is C19H29Cl2N3O2. The van der Waals surface area contributed by atoms with Gasteiger partial charge in [0.15, 0.2) is 0 Å². The maximum Gasteiger partial charge on any atom is 0.291 e. The van der Waals surface area contributed by atoms with Crippen LogP contribution in [0.25, 0.3) is 0 Å². The average Bonchev–Trinajstić information content (AvgIpc) is 2.61. The molecule has 0 saturated heterocycles. The van der Waals surface area contributed by atoms with E-state index in [2.05, 4.69) is 29.1 Å². The predicted octanol–water partition coefficient (Wildman–Crippen LogP) is 4.63. The van der Waals surface area contributed by atoms with Gasteiger partial charge in [0.2, 0.25) is 0 Å².